The number of nitrogens with one attached hydrogen (secondary N) is 2. The van der Waals surface area contributed by atoms with Gasteiger partial charge in [-0.05, 0) is 50.7 Å². The largest absolute Gasteiger partial charge is 0.459 e. The van der Waals surface area contributed by atoms with Gasteiger partial charge in [0, 0.05) is 30.4 Å². The van der Waals surface area contributed by atoms with Crippen molar-refractivity contribution in [3.8, 4) is 0 Å². The lowest BCUT2D eigenvalue weighted by molar-refractivity contribution is -0.122. The molecule has 8 nitrogen and oxygen atoms in total. The van der Waals surface area contributed by atoms with Crippen LogP contribution in [0.25, 0.3) is 0 Å². The van der Waals surface area contributed by atoms with Crippen molar-refractivity contribution in [2.24, 2.45) is 22.0 Å². The Morgan fingerprint density at radius 1 is 0.800 bits per heavy atom. The summed E-state index contributed by atoms with van der Waals surface area (Å²) in [5, 5.41) is 9.12. The molecule has 2 saturated carbocycles. The first kappa shape index (κ1) is 31.5. The number of benzene rings is 1. The van der Waals surface area contributed by atoms with Crippen molar-refractivity contribution in [3.63, 3.8) is 0 Å². The van der Waals surface area contributed by atoms with Crippen molar-refractivity contribution >= 4 is 29.2 Å². The lowest BCUT2D eigenvalue weighted by atomic mass is 9.68. The molecule has 0 aliphatic heterocycles. The second kappa shape index (κ2) is 17.6. The fourth-order valence-electron chi connectivity index (χ4n) is 5.62. The van der Waals surface area contributed by atoms with Crippen LogP contribution < -0.4 is 10.9 Å². The van der Waals surface area contributed by atoms with Crippen LogP contribution >= 0.6 is 0 Å². The van der Waals surface area contributed by atoms with Crippen LogP contribution in [0.15, 0.2) is 40.5 Å². The van der Waals surface area contributed by atoms with Crippen molar-refractivity contribution in [2.75, 3.05) is 0 Å². The zero-order chi connectivity index (χ0) is 28.6. The first-order chi connectivity index (χ1) is 19.5. The molecule has 2 aliphatic carbocycles. The van der Waals surface area contributed by atoms with Gasteiger partial charge in [0.2, 0.25) is 11.8 Å². The average Bonchev–Trinajstić information content (AvgIpc) is 2.96. The number of amides is 2. The molecule has 3 atom stereocenters. The zero-order valence-electron chi connectivity index (χ0n) is 24.5. The number of hydrogen-bond donors (Lipinski definition) is 2. The van der Waals surface area contributed by atoms with E-state index in [9.17, 15) is 14.4 Å². The molecule has 0 saturated heterocycles. The van der Waals surface area contributed by atoms with E-state index < -0.39 is 0 Å². The smallest absolute Gasteiger partial charge is 0.338 e. The number of hydrazone groups is 2. The predicted molar refractivity (Wildman–Crippen MR) is 159 cm³/mol. The molecule has 2 bridgehead atoms. The number of nitrogens with zero attached hydrogens (tertiary/aromatic N) is 2. The topological polar surface area (TPSA) is 109 Å². The first-order valence-electron chi connectivity index (χ1n) is 15.5. The van der Waals surface area contributed by atoms with Crippen LogP contribution in [0.1, 0.15) is 127 Å². The summed E-state index contributed by atoms with van der Waals surface area (Å²) in [5.41, 5.74) is 7.78. The van der Waals surface area contributed by atoms with Gasteiger partial charge in [0.15, 0.2) is 0 Å². The van der Waals surface area contributed by atoms with Crippen molar-refractivity contribution in [2.45, 2.75) is 123 Å². The molecule has 0 heterocycles. The molecule has 220 valence electrons. The molecule has 1 aromatic rings. The molecule has 2 amide bonds. The normalized spacial score (nSPS) is 22.2. The van der Waals surface area contributed by atoms with Gasteiger partial charge in [0.05, 0.1) is 11.3 Å². The van der Waals surface area contributed by atoms with Crippen LogP contribution in [-0.2, 0) is 14.3 Å². The molecular formula is C32H48N4O4. The van der Waals surface area contributed by atoms with Crippen LogP contribution in [0.3, 0.4) is 0 Å². The summed E-state index contributed by atoms with van der Waals surface area (Å²) >= 11 is 0. The number of fused-ring (bicyclic) bond motifs is 2. The Labute approximate surface area is 239 Å². The minimum Gasteiger partial charge on any atom is -0.459 e. The summed E-state index contributed by atoms with van der Waals surface area (Å²) in [4.78, 5) is 37.7. The van der Waals surface area contributed by atoms with Crippen molar-refractivity contribution in [3.05, 3.63) is 35.9 Å². The lowest BCUT2D eigenvalue weighted by Crippen LogP contribution is -2.46. The second-order valence-electron chi connectivity index (χ2n) is 11.2. The molecule has 8 heteroatoms. The van der Waals surface area contributed by atoms with Crippen LogP contribution in [0.5, 0.6) is 0 Å². The fourth-order valence-corrected chi connectivity index (χ4v) is 5.62. The highest BCUT2D eigenvalue weighted by atomic mass is 16.5. The lowest BCUT2D eigenvalue weighted by Gasteiger charge is -2.40. The van der Waals surface area contributed by atoms with E-state index in [0.717, 1.165) is 62.8 Å². The molecule has 40 heavy (non-hydrogen) atoms. The minimum absolute atomic E-state index is 0.0745. The molecule has 2 fully saturated rings. The number of carbonyl (C=O) groups excluding carboxylic acids is 3. The predicted octanol–water partition coefficient (Wildman–Crippen LogP) is 6.70. The summed E-state index contributed by atoms with van der Waals surface area (Å²) < 4.78 is 5.91. The Morgan fingerprint density at radius 3 is 2.02 bits per heavy atom. The van der Waals surface area contributed by atoms with Gasteiger partial charge in [-0.25, -0.2) is 15.6 Å². The molecule has 2 N–H and O–H groups in total. The van der Waals surface area contributed by atoms with Crippen LogP contribution in [0.2, 0.25) is 0 Å². The number of unbranched alkanes of at least 4 members (excludes halogenated alkanes) is 8. The summed E-state index contributed by atoms with van der Waals surface area (Å²) in [6.45, 7) is 4.35. The maximum absolute atomic E-state index is 12.8. The molecule has 2 aliphatic rings. The zero-order valence-corrected chi connectivity index (χ0v) is 24.5. The average molecular weight is 553 g/mol. The van der Waals surface area contributed by atoms with E-state index in [0.29, 0.717) is 31.2 Å². The van der Waals surface area contributed by atoms with Gasteiger partial charge in [-0.2, -0.15) is 10.2 Å². The third kappa shape index (κ3) is 10.5. The Bertz CT molecular complexity index is 1010. The molecule has 0 radical (unpaired) electrons. The van der Waals surface area contributed by atoms with Gasteiger partial charge in [-0.1, -0.05) is 83.4 Å². The maximum Gasteiger partial charge on any atom is 0.338 e. The Morgan fingerprint density at radius 2 is 1.40 bits per heavy atom. The van der Waals surface area contributed by atoms with E-state index in [4.69, 9.17) is 4.74 Å². The summed E-state index contributed by atoms with van der Waals surface area (Å²) in [6, 6.07) is 9.01. The van der Waals surface area contributed by atoms with E-state index in [2.05, 4.69) is 34.9 Å². The van der Waals surface area contributed by atoms with Gasteiger partial charge in [0.25, 0.3) is 0 Å². The Balaban J connectivity index is 1.64. The van der Waals surface area contributed by atoms with E-state index in [1.807, 2.05) is 18.2 Å². The van der Waals surface area contributed by atoms with E-state index in [1.54, 1.807) is 12.1 Å². The van der Waals surface area contributed by atoms with Gasteiger partial charge < -0.3 is 4.74 Å². The van der Waals surface area contributed by atoms with Gasteiger partial charge in [-0.3, -0.25) is 9.59 Å². The number of esters is 1. The molecule has 0 unspecified atom stereocenters. The van der Waals surface area contributed by atoms with E-state index >= 15 is 0 Å². The number of carbonyl (C=O) groups is 3. The number of rotatable bonds is 16. The quantitative estimate of drug-likeness (QED) is 0.135. The van der Waals surface area contributed by atoms with Crippen LogP contribution in [-0.4, -0.2) is 35.3 Å². The molecule has 0 spiro atoms. The standard InChI is InChI=1S/C32H48N4O4/c1-3-5-7-9-14-18-29(37)34-33-28-21-20-25-22-26(40-32(39)24-16-12-11-13-17-24)23-27(28)31(25)36-35-30(38)19-15-10-8-6-4-2/h11-13,16-17,25-27H,3-10,14-15,18-23H2,1-2H3,(H,34,37)(H,35,38)/b33-28+,36-31+/t25-,26-,27+/m0/s1. The second-order valence-corrected chi connectivity index (χ2v) is 11.2. The highest BCUT2D eigenvalue weighted by Crippen LogP contribution is 2.38. The highest BCUT2D eigenvalue weighted by Gasteiger charge is 2.42. The van der Waals surface area contributed by atoms with E-state index in [-0.39, 0.29) is 35.7 Å². The SMILES string of the molecule is CCCCCCCC(=O)N/N=C1\CC[C@H]2C[C@H](OC(=O)c3ccccc3)C[C@H]1/C2=N/NC(=O)CCCCCCC. The third-order valence-corrected chi connectivity index (χ3v) is 7.90. The number of ether oxygens (including phenoxy) is 1. The molecule has 1 aromatic carbocycles. The summed E-state index contributed by atoms with van der Waals surface area (Å²) in [6.07, 6.45) is 14.2. The molecule has 0 aromatic heterocycles. The van der Waals surface area contributed by atoms with E-state index in [1.165, 1.54) is 25.7 Å². The molecular weight excluding hydrogens is 504 g/mol. The maximum atomic E-state index is 12.8. The fraction of sp³-hybridized carbons (Fsp3) is 0.656. The van der Waals surface area contributed by atoms with Gasteiger partial charge in [-0.15, -0.1) is 0 Å². The van der Waals surface area contributed by atoms with Gasteiger partial charge >= 0.3 is 5.97 Å². The minimum atomic E-state index is -0.338. The Kier molecular flexibility index (Phi) is 13.9. The monoisotopic (exact) mass is 552 g/mol. The van der Waals surface area contributed by atoms with Crippen LogP contribution in [0, 0.1) is 11.8 Å². The Hall–Kier alpha value is -3.03. The number of hydrogen-bond acceptors (Lipinski definition) is 6. The first-order valence-corrected chi connectivity index (χ1v) is 15.5. The van der Waals surface area contributed by atoms with Crippen molar-refractivity contribution in [1.29, 1.82) is 0 Å². The van der Waals surface area contributed by atoms with Crippen molar-refractivity contribution in [1.82, 2.24) is 10.9 Å². The van der Waals surface area contributed by atoms with Crippen molar-refractivity contribution < 1.29 is 19.1 Å². The summed E-state index contributed by atoms with van der Waals surface area (Å²) in [5.74, 6) is -0.588. The van der Waals surface area contributed by atoms with Gasteiger partial charge in [0.1, 0.15) is 6.10 Å². The highest BCUT2D eigenvalue weighted by molar-refractivity contribution is 6.11. The molecule has 3 rings (SSSR count). The third-order valence-electron chi connectivity index (χ3n) is 7.90. The summed E-state index contributed by atoms with van der Waals surface area (Å²) in [7, 11) is 0. The van der Waals surface area contributed by atoms with Crippen LogP contribution in [0.4, 0.5) is 0 Å².